The molecule has 6 heteroatoms. The fraction of sp³-hybridized carbons (Fsp3) is 0.0833. The summed E-state index contributed by atoms with van der Waals surface area (Å²) in [5.41, 5.74) is 5.18. The van der Waals surface area contributed by atoms with Gasteiger partial charge in [-0.3, -0.25) is 4.79 Å². The molecule has 2 aromatic heterocycles. The van der Waals surface area contributed by atoms with Gasteiger partial charge in [0.2, 0.25) is 5.91 Å². The summed E-state index contributed by atoms with van der Waals surface area (Å²) in [7, 11) is 1.57. The first-order valence-corrected chi connectivity index (χ1v) is 9.78. The molecule has 0 saturated heterocycles. The van der Waals surface area contributed by atoms with Gasteiger partial charge in [-0.25, -0.2) is 4.98 Å². The molecular weight excluding hydrogens is 398 g/mol. The molecule has 4 rings (SSSR count). The standard InChI is InChI=1S/C24H20ClN3O2/c1-16-11-12-28-15-21(26-23(28)13-16)18-6-9-22(30-2)20(14-18)27-24(29)10-5-17-3-7-19(25)8-4-17/h3-15H,1-2H3,(H,27,29)/b10-5+. The summed E-state index contributed by atoms with van der Waals surface area (Å²) in [5, 5.41) is 3.54. The lowest BCUT2D eigenvalue weighted by Gasteiger charge is -2.10. The summed E-state index contributed by atoms with van der Waals surface area (Å²) >= 11 is 5.89. The highest BCUT2D eigenvalue weighted by Gasteiger charge is 2.11. The van der Waals surface area contributed by atoms with E-state index >= 15 is 0 Å². The maximum atomic E-state index is 12.4. The van der Waals surface area contributed by atoms with Crippen molar-refractivity contribution in [1.82, 2.24) is 9.38 Å². The Balaban J connectivity index is 1.59. The molecule has 30 heavy (non-hydrogen) atoms. The zero-order chi connectivity index (χ0) is 21.1. The number of carbonyl (C=O) groups is 1. The summed E-state index contributed by atoms with van der Waals surface area (Å²) in [6, 6.07) is 16.9. The number of aryl methyl sites for hydroxylation is 1. The third-order valence-corrected chi connectivity index (χ3v) is 4.92. The Morgan fingerprint density at radius 3 is 2.70 bits per heavy atom. The molecule has 0 aliphatic carbocycles. The van der Waals surface area contributed by atoms with Gasteiger partial charge >= 0.3 is 0 Å². The fourth-order valence-electron chi connectivity index (χ4n) is 3.11. The van der Waals surface area contributed by atoms with Crippen LogP contribution in [0.15, 0.2) is 73.1 Å². The van der Waals surface area contributed by atoms with E-state index in [2.05, 4.69) is 10.3 Å². The minimum absolute atomic E-state index is 0.258. The van der Waals surface area contributed by atoms with Crippen molar-refractivity contribution in [2.75, 3.05) is 12.4 Å². The highest BCUT2D eigenvalue weighted by molar-refractivity contribution is 6.30. The number of ether oxygens (including phenoxy) is 1. The molecule has 4 aromatic rings. The Kier molecular flexibility index (Phi) is 5.55. The number of imidazole rings is 1. The average molecular weight is 418 g/mol. The van der Waals surface area contributed by atoms with Crippen LogP contribution in [0.2, 0.25) is 5.02 Å². The van der Waals surface area contributed by atoms with Crippen molar-refractivity contribution in [1.29, 1.82) is 0 Å². The fourth-order valence-corrected chi connectivity index (χ4v) is 3.23. The second-order valence-corrected chi connectivity index (χ2v) is 7.32. The Morgan fingerprint density at radius 1 is 1.13 bits per heavy atom. The van der Waals surface area contributed by atoms with Gasteiger partial charge in [0, 0.05) is 29.1 Å². The van der Waals surface area contributed by atoms with E-state index in [1.165, 1.54) is 6.08 Å². The predicted molar refractivity (Wildman–Crippen MR) is 121 cm³/mol. The topological polar surface area (TPSA) is 55.6 Å². The molecule has 2 aromatic carbocycles. The Labute approximate surface area is 179 Å². The summed E-state index contributed by atoms with van der Waals surface area (Å²) in [5.74, 6) is 0.317. The molecule has 0 unspecified atom stereocenters. The molecule has 2 heterocycles. The molecular formula is C24H20ClN3O2. The average Bonchev–Trinajstić information content (AvgIpc) is 3.16. The van der Waals surface area contributed by atoms with Gasteiger partial charge in [-0.2, -0.15) is 0 Å². The van der Waals surface area contributed by atoms with E-state index in [-0.39, 0.29) is 5.91 Å². The van der Waals surface area contributed by atoms with Gasteiger partial charge in [-0.15, -0.1) is 0 Å². The van der Waals surface area contributed by atoms with Crippen LogP contribution in [0.3, 0.4) is 0 Å². The van der Waals surface area contributed by atoms with Crippen LogP contribution in [0, 0.1) is 6.92 Å². The van der Waals surface area contributed by atoms with Gasteiger partial charge in [0.05, 0.1) is 18.5 Å². The lowest BCUT2D eigenvalue weighted by Crippen LogP contribution is -2.09. The number of carbonyl (C=O) groups excluding carboxylic acids is 1. The number of aromatic nitrogens is 2. The van der Waals surface area contributed by atoms with Crippen LogP contribution in [0.1, 0.15) is 11.1 Å². The van der Waals surface area contributed by atoms with E-state index < -0.39 is 0 Å². The quantitative estimate of drug-likeness (QED) is 0.428. The smallest absolute Gasteiger partial charge is 0.248 e. The van der Waals surface area contributed by atoms with Crippen molar-refractivity contribution in [2.45, 2.75) is 6.92 Å². The van der Waals surface area contributed by atoms with Crippen LogP contribution in [0.25, 0.3) is 23.0 Å². The van der Waals surface area contributed by atoms with Crippen molar-refractivity contribution in [3.05, 3.63) is 89.2 Å². The first-order chi connectivity index (χ1) is 14.5. The van der Waals surface area contributed by atoms with Gasteiger partial charge in [0.1, 0.15) is 11.4 Å². The zero-order valence-corrected chi connectivity index (χ0v) is 17.4. The Bertz CT molecular complexity index is 1240. The molecule has 0 aliphatic rings. The first-order valence-electron chi connectivity index (χ1n) is 9.40. The van der Waals surface area contributed by atoms with Crippen molar-refractivity contribution in [3.8, 4) is 17.0 Å². The molecule has 0 radical (unpaired) electrons. The van der Waals surface area contributed by atoms with Gasteiger partial charge < -0.3 is 14.5 Å². The van der Waals surface area contributed by atoms with Crippen LogP contribution >= 0.6 is 11.6 Å². The van der Waals surface area contributed by atoms with Crippen molar-refractivity contribution >= 4 is 34.9 Å². The van der Waals surface area contributed by atoms with Crippen LogP contribution in [0.5, 0.6) is 5.75 Å². The van der Waals surface area contributed by atoms with E-state index in [1.54, 1.807) is 25.3 Å². The summed E-state index contributed by atoms with van der Waals surface area (Å²) in [4.78, 5) is 17.1. The maximum absolute atomic E-state index is 12.4. The molecule has 0 spiro atoms. The van der Waals surface area contributed by atoms with Gasteiger partial charge in [-0.05, 0) is 66.6 Å². The molecule has 150 valence electrons. The number of nitrogens with zero attached hydrogens (tertiary/aromatic N) is 2. The third-order valence-electron chi connectivity index (χ3n) is 4.67. The summed E-state index contributed by atoms with van der Waals surface area (Å²) in [6.45, 7) is 2.03. The first kappa shape index (κ1) is 19.7. The van der Waals surface area contributed by atoms with Crippen LogP contribution < -0.4 is 10.1 Å². The maximum Gasteiger partial charge on any atom is 0.248 e. The van der Waals surface area contributed by atoms with E-state index in [0.29, 0.717) is 16.5 Å². The number of hydrogen-bond donors (Lipinski definition) is 1. The van der Waals surface area contributed by atoms with E-state index in [9.17, 15) is 4.79 Å². The Hall–Kier alpha value is -3.57. The van der Waals surface area contributed by atoms with Crippen molar-refractivity contribution in [3.63, 3.8) is 0 Å². The number of benzene rings is 2. The molecule has 0 saturated carbocycles. The van der Waals surface area contributed by atoms with Gasteiger partial charge in [0.25, 0.3) is 0 Å². The van der Waals surface area contributed by atoms with E-state index in [1.807, 2.05) is 66.2 Å². The number of methoxy groups -OCH3 is 1. The molecule has 5 nitrogen and oxygen atoms in total. The van der Waals surface area contributed by atoms with E-state index in [4.69, 9.17) is 16.3 Å². The monoisotopic (exact) mass is 417 g/mol. The minimum atomic E-state index is -0.258. The SMILES string of the molecule is COc1ccc(-c2cn3ccc(C)cc3n2)cc1NC(=O)/C=C/c1ccc(Cl)cc1. The van der Waals surface area contributed by atoms with Crippen molar-refractivity contribution in [2.24, 2.45) is 0 Å². The number of nitrogens with one attached hydrogen (secondary N) is 1. The highest BCUT2D eigenvalue weighted by atomic mass is 35.5. The van der Waals surface area contributed by atoms with Crippen LogP contribution in [0.4, 0.5) is 5.69 Å². The number of halogens is 1. The predicted octanol–water partition coefficient (Wildman–Crippen LogP) is 5.62. The normalized spacial score (nSPS) is 11.2. The summed E-state index contributed by atoms with van der Waals surface area (Å²) in [6.07, 6.45) is 7.15. The number of pyridine rings is 1. The van der Waals surface area contributed by atoms with Crippen LogP contribution in [-0.4, -0.2) is 22.4 Å². The molecule has 0 atom stereocenters. The largest absolute Gasteiger partial charge is 0.495 e. The van der Waals surface area contributed by atoms with E-state index in [0.717, 1.165) is 28.0 Å². The Morgan fingerprint density at radius 2 is 1.93 bits per heavy atom. The molecule has 0 bridgehead atoms. The second kappa shape index (κ2) is 8.43. The summed E-state index contributed by atoms with van der Waals surface area (Å²) < 4.78 is 7.38. The molecule has 1 N–H and O–H groups in total. The van der Waals surface area contributed by atoms with Gasteiger partial charge in [-0.1, -0.05) is 23.7 Å². The van der Waals surface area contributed by atoms with Crippen molar-refractivity contribution < 1.29 is 9.53 Å². The number of rotatable bonds is 5. The zero-order valence-electron chi connectivity index (χ0n) is 16.6. The molecule has 0 aliphatic heterocycles. The second-order valence-electron chi connectivity index (χ2n) is 6.88. The lowest BCUT2D eigenvalue weighted by atomic mass is 10.1. The number of anilines is 1. The third kappa shape index (κ3) is 4.36. The lowest BCUT2D eigenvalue weighted by molar-refractivity contribution is -0.111. The highest BCUT2D eigenvalue weighted by Crippen LogP contribution is 2.30. The molecule has 0 fully saturated rings. The van der Waals surface area contributed by atoms with Crippen LogP contribution in [-0.2, 0) is 4.79 Å². The number of amides is 1. The number of hydrogen-bond acceptors (Lipinski definition) is 3. The van der Waals surface area contributed by atoms with Gasteiger partial charge in [0.15, 0.2) is 0 Å². The minimum Gasteiger partial charge on any atom is -0.495 e. The number of fused-ring (bicyclic) bond motifs is 1. The molecule has 1 amide bonds.